The van der Waals surface area contributed by atoms with Crippen molar-refractivity contribution in [2.45, 2.75) is 99.3 Å². The molecule has 5 aliphatic rings. The van der Waals surface area contributed by atoms with Crippen LogP contribution < -0.4 is 0 Å². The van der Waals surface area contributed by atoms with Gasteiger partial charge in [0.25, 0.3) is 0 Å². The predicted molar refractivity (Wildman–Crippen MR) is 166 cm³/mol. The number of esters is 1. The highest BCUT2D eigenvalue weighted by Gasteiger charge is 2.70. The number of ether oxygens (including phenoxy) is 1. The van der Waals surface area contributed by atoms with Gasteiger partial charge in [0.15, 0.2) is 0 Å². The Labute approximate surface area is 252 Å². The summed E-state index contributed by atoms with van der Waals surface area (Å²) in [6.45, 7) is 19.1. The predicted octanol–water partition coefficient (Wildman–Crippen LogP) is 9.46. The Morgan fingerprint density at radius 2 is 1.71 bits per heavy atom. The van der Waals surface area contributed by atoms with E-state index in [4.69, 9.17) is 4.74 Å². The van der Waals surface area contributed by atoms with Crippen molar-refractivity contribution in [2.24, 2.45) is 56.7 Å². The first-order chi connectivity index (χ1) is 19.7. The number of hydrogen-bond acceptors (Lipinski definition) is 3. The molecule has 0 aromatic heterocycles. The van der Waals surface area contributed by atoms with Gasteiger partial charge in [0.2, 0.25) is 0 Å². The summed E-state index contributed by atoms with van der Waals surface area (Å²) in [5, 5.41) is 0. The highest BCUT2D eigenvalue weighted by molar-refractivity contribution is 5.90. The Bertz CT molecular complexity index is 1360. The number of allylic oxidation sites excluding steroid dienone is 3. The molecule has 3 nitrogen and oxygen atoms in total. The van der Waals surface area contributed by atoms with Crippen LogP contribution in [0.3, 0.4) is 0 Å². The molecule has 0 heterocycles. The summed E-state index contributed by atoms with van der Waals surface area (Å²) in [7, 11) is 1.28. The average Bonchev–Trinajstić information content (AvgIpc) is 3.33. The number of benzene rings is 1. The maximum atomic E-state index is 15.0. The van der Waals surface area contributed by atoms with Gasteiger partial charge < -0.3 is 9.53 Å². The van der Waals surface area contributed by atoms with E-state index in [1.165, 1.54) is 49.9 Å². The van der Waals surface area contributed by atoms with E-state index < -0.39 is 11.8 Å². The first-order valence-electron chi connectivity index (χ1n) is 16.4. The second-order valence-electron chi connectivity index (χ2n) is 16.3. The molecule has 5 aliphatic carbocycles. The van der Waals surface area contributed by atoms with E-state index in [-0.39, 0.29) is 32.6 Å². The summed E-state index contributed by atoms with van der Waals surface area (Å²) in [5.74, 6) is 1.41. The minimum atomic E-state index is -0.639. The molecule has 4 heteroatoms. The third-order valence-corrected chi connectivity index (χ3v) is 14.6. The van der Waals surface area contributed by atoms with Crippen molar-refractivity contribution in [3.8, 4) is 0 Å². The molecule has 4 fully saturated rings. The minimum Gasteiger partial charge on any atom is -0.465 e. The third kappa shape index (κ3) is 3.75. The van der Waals surface area contributed by atoms with Crippen LogP contribution >= 0.6 is 0 Å². The largest absolute Gasteiger partial charge is 0.465 e. The Hall–Kier alpha value is -2.23. The van der Waals surface area contributed by atoms with Gasteiger partial charge in [-0.1, -0.05) is 58.9 Å². The van der Waals surface area contributed by atoms with Crippen molar-refractivity contribution in [2.75, 3.05) is 7.11 Å². The van der Waals surface area contributed by atoms with Crippen molar-refractivity contribution in [1.29, 1.82) is 0 Å². The zero-order valence-electron chi connectivity index (χ0n) is 26.9. The van der Waals surface area contributed by atoms with Crippen molar-refractivity contribution >= 4 is 17.8 Å². The second-order valence-corrected chi connectivity index (χ2v) is 16.3. The first kappa shape index (κ1) is 29.8. The van der Waals surface area contributed by atoms with Crippen molar-refractivity contribution in [3.05, 3.63) is 53.4 Å². The summed E-state index contributed by atoms with van der Waals surface area (Å²) in [6, 6.07) is 5.00. The second kappa shape index (κ2) is 9.63. The number of carbonyl (C=O) groups excluding carboxylic acids is 2. The molecular formula is C38H51FO3. The monoisotopic (exact) mass is 574 g/mol. The number of rotatable bonds is 4. The Balaban J connectivity index is 1.36. The van der Waals surface area contributed by atoms with Crippen LogP contribution in [0.5, 0.6) is 0 Å². The molecule has 0 amide bonds. The normalized spacial score (nSPS) is 43.6. The summed E-state index contributed by atoms with van der Waals surface area (Å²) in [5.41, 5.74) is 3.64. The van der Waals surface area contributed by atoms with Gasteiger partial charge in [0.05, 0.1) is 12.7 Å². The van der Waals surface area contributed by atoms with E-state index in [2.05, 4.69) is 54.2 Å². The molecule has 0 saturated heterocycles. The van der Waals surface area contributed by atoms with Crippen LogP contribution in [0.4, 0.5) is 4.39 Å². The third-order valence-electron chi connectivity index (χ3n) is 14.6. The highest BCUT2D eigenvalue weighted by Crippen LogP contribution is 2.77. The maximum absolute atomic E-state index is 15.0. The zero-order valence-corrected chi connectivity index (χ0v) is 26.9. The molecule has 1 aromatic rings. The van der Waals surface area contributed by atoms with E-state index in [1.54, 1.807) is 6.07 Å². The molecule has 1 aromatic carbocycles. The number of halogens is 1. The summed E-state index contributed by atoms with van der Waals surface area (Å²) >= 11 is 0. The lowest BCUT2D eigenvalue weighted by molar-refractivity contribution is -0.223. The quantitative estimate of drug-likeness (QED) is 0.204. The number of aldehydes is 1. The molecule has 0 aliphatic heterocycles. The fraction of sp³-hybridized carbons (Fsp3) is 0.684. The summed E-state index contributed by atoms with van der Waals surface area (Å²) in [6.07, 6.45) is 13.9. The fourth-order valence-electron chi connectivity index (χ4n) is 12.5. The van der Waals surface area contributed by atoms with E-state index >= 15 is 4.39 Å². The lowest BCUT2D eigenvalue weighted by atomic mass is 9.32. The van der Waals surface area contributed by atoms with Gasteiger partial charge in [0.1, 0.15) is 12.1 Å². The van der Waals surface area contributed by atoms with Gasteiger partial charge in [-0.25, -0.2) is 9.18 Å². The zero-order chi connectivity index (χ0) is 30.5. The summed E-state index contributed by atoms with van der Waals surface area (Å²) < 4.78 is 19.8. The average molecular weight is 575 g/mol. The highest BCUT2D eigenvalue weighted by atomic mass is 19.1. The lowest BCUT2D eigenvalue weighted by Gasteiger charge is -2.72. The van der Waals surface area contributed by atoms with Gasteiger partial charge >= 0.3 is 5.97 Å². The van der Waals surface area contributed by atoms with Crippen LogP contribution in [0.1, 0.15) is 115 Å². The standard InChI is InChI=1S/C38H51FO3/c1-23(2)25-13-18-38(22-40)20-19-36(6)28(32(25)38)11-12-31-35(5)16-14-27(34(3,4)30(35)15-17-37(31,36)7)24-9-10-26(29(39)21-24)33(41)42-8/h9-10,14,21-22,25,28,30-32H,1,11-13,15-20H2,2-8H3. The number of methoxy groups -OCH3 is 1. The van der Waals surface area contributed by atoms with Crippen LogP contribution in [0.25, 0.3) is 5.57 Å². The van der Waals surface area contributed by atoms with Gasteiger partial charge in [-0.15, -0.1) is 0 Å². The number of fused-ring (bicyclic) bond motifs is 7. The van der Waals surface area contributed by atoms with Crippen LogP contribution in [0.2, 0.25) is 0 Å². The van der Waals surface area contributed by atoms with Gasteiger partial charge in [-0.3, -0.25) is 0 Å². The first-order valence-corrected chi connectivity index (χ1v) is 16.4. The molecule has 0 N–H and O–H groups in total. The molecule has 42 heavy (non-hydrogen) atoms. The van der Waals surface area contributed by atoms with Gasteiger partial charge in [-0.2, -0.15) is 0 Å². The Kier molecular flexibility index (Phi) is 6.84. The molecule has 4 saturated carbocycles. The molecule has 0 radical (unpaired) electrons. The molecule has 9 atom stereocenters. The Morgan fingerprint density at radius 3 is 2.36 bits per heavy atom. The molecule has 9 unspecified atom stereocenters. The molecule has 6 rings (SSSR count). The molecule has 0 spiro atoms. The SMILES string of the molecule is C=C(C)C1CCC2(C=O)CCC3(C)C(CCC4C5(C)CC=C(c6ccc(C(=O)OC)c(F)c6)C(C)(C)C5CCC43C)C12. The minimum absolute atomic E-state index is 0.0130. The fourth-order valence-corrected chi connectivity index (χ4v) is 12.5. The Morgan fingerprint density at radius 1 is 0.976 bits per heavy atom. The molecular weight excluding hydrogens is 523 g/mol. The molecule has 0 bridgehead atoms. The topological polar surface area (TPSA) is 43.4 Å². The van der Waals surface area contributed by atoms with Crippen molar-refractivity contribution in [3.63, 3.8) is 0 Å². The van der Waals surface area contributed by atoms with Crippen molar-refractivity contribution in [1.82, 2.24) is 0 Å². The van der Waals surface area contributed by atoms with Crippen LogP contribution in [0.15, 0.2) is 36.4 Å². The van der Waals surface area contributed by atoms with E-state index in [1.807, 2.05) is 6.07 Å². The van der Waals surface area contributed by atoms with Gasteiger partial charge in [0, 0.05) is 5.41 Å². The lowest BCUT2D eigenvalue weighted by Crippen LogP contribution is -2.65. The van der Waals surface area contributed by atoms with E-state index in [0.29, 0.717) is 29.6 Å². The van der Waals surface area contributed by atoms with E-state index in [9.17, 15) is 9.59 Å². The smallest absolute Gasteiger partial charge is 0.340 e. The van der Waals surface area contributed by atoms with Crippen LogP contribution in [-0.4, -0.2) is 19.4 Å². The van der Waals surface area contributed by atoms with Crippen LogP contribution in [-0.2, 0) is 9.53 Å². The van der Waals surface area contributed by atoms with Crippen molar-refractivity contribution < 1.29 is 18.7 Å². The van der Waals surface area contributed by atoms with Gasteiger partial charge in [-0.05, 0) is 139 Å². The number of hydrogen-bond donors (Lipinski definition) is 0. The van der Waals surface area contributed by atoms with E-state index in [0.717, 1.165) is 44.1 Å². The molecule has 228 valence electrons. The van der Waals surface area contributed by atoms with Crippen LogP contribution in [0, 0.1) is 62.5 Å². The number of carbonyl (C=O) groups is 2. The maximum Gasteiger partial charge on any atom is 0.340 e. The summed E-state index contributed by atoms with van der Waals surface area (Å²) in [4.78, 5) is 24.8.